The molecule has 0 atom stereocenters. The molecule has 1 aromatic carbocycles. The van der Waals surface area contributed by atoms with Crippen LogP contribution in [0.1, 0.15) is 12.5 Å². The molecule has 0 unspecified atom stereocenters. The van der Waals surface area contributed by atoms with Crippen LogP contribution in [0.3, 0.4) is 0 Å². The van der Waals surface area contributed by atoms with Crippen LogP contribution in [-0.2, 0) is 6.42 Å². The van der Waals surface area contributed by atoms with Crippen LogP contribution in [0.2, 0.25) is 0 Å². The quantitative estimate of drug-likeness (QED) is 0.817. The second-order valence-corrected chi connectivity index (χ2v) is 4.89. The van der Waals surface area contributed by atoms with Gasteiger partial charge in [-0.25, -0.2) is 9.97 Å². The molecule has 4 nitrogen and oxygen atoms in total. The summed E-state index contributed by atoms with van der Waals surface area (Å²) in [5, 5.41) is 6.47. The summed E-state index contributed by atoms with van der Waals surface area (Å²) in [5.41, 5.74) is 2.14. The molecule has 0 fully saturated rings. The van der Waals surface area contributed by atoms with Crippen molar-refractivity contribution in [1.82, 2.24) is 9.97 Å². The Labute approximate surface area is 118 Å². The van der Waals surface area contributed by atoms with Crippen molar-refractivity contribution >= 4 is 29.1 Å². The van der Waals surface area contributed by atoms with Crippen molar-refractivity contribution < 1.29 is 0 Å². The van der Waals surface area contributed by atoms with E-state index < -0.39 is 0 Å². The Balaban J connectivity index is 2.32. The van der Waals surface area contributed by atoms with E-state index in [1.54, 1.807) is 18.1 Å². The van der Waals surface area contributed by atoms with Crippen molar-refractivity contribution in [3.8, 4) is 0 Å². The van der Waals surface area contributed by atoms with Crippen molar-refractivity contribution in [2.24, 2.45) is 0 Å². The number of thioether (sulfide) groups is 1. The first kappa shape index (κ1) is 13.7. The number of anilines is 3. The molecule has 100 valence electrons. The van der Waals surface area contributed by atoms with E-state index in [0.29, 0.717) is 0 Å². The van der Waals surface area contributed by atoms with Gasteiger partial charge in [-0.15, -0.1) is 11.8 Å². The third-order valence-electron chi connectivity index (χ3n) is 2.87. The molecule has 0 aliphatic heterocycles. The fraction of sp³-hybridized carbons (Fsp3) is 0.286. The van der Waals surface area contributed by atoms with Crippen LogP contribution in [-0.4, -0.2) is 23.3 Å². The molecule has 0 amide bonds. The minimum absolute atomic E-state index is 0.861. The molecule has 0 aliphatic rings. The lowest BCUT2D eigenvalue weighted by Crippen LogP contribution is -2.04. The predicted molar refractivity (Wildman–Crippen MR) is 82.5 cm³/mol. The highest BCUT2D eigenvalue weighted by Crippen LogP contribution is 2.25. The maximum absolute atomic E-state index is 4.34. The summed E-state index contributed by atoms with van der Waals surface area (Å²) in [4.78, 5) is 9.81. The Bertz CT molecular complexity index is 557. The molecule has 5 heteroatoms. The molecular weight excluding hydrogens is 256 g/mol. The molecule has 0 bridgehead atoms. The van der Waals surface area contributed by atoms with Gasteiger partial charge >= 0.3 is 0 Å². The van der Waals surface area contributed by atoms with Crippen molar-refractivity contribution in [2.45, 2.75) is 18.2 Å². The van der Waals surface area contributed by atoms with Gasteiger partial charge in [0.05, 0.1) is 0 Å². The fourth-order valence-corrected chi connectivity index (χ4v) is 2.37. The lowest BCUT2D eigenvalue weighted by Gasteiger charge is -2.13. The molecule has 2 aromatic rings. The van der Waals surface area contributed by atoms with E-state index >= 15 is 0 Å². The number of benzene rings is 1. The van der Waals surface area contributed by atoms with Crippen LogP contribution in [0, 0.1) is 0 Å². The molecule has 0 saturated carbocycles. The summed E-state index contributed by atoms with van der Waals surface area (Å²) in [6.45, 7) is 2.10. The summed E-state index contributed by atoms with van der Waals surface area (Å²) in [7, 11) is 1.87. The molecular formula is C14H18N4S. The minimum atomic E-state index is 0.861. The molecule has 2 rings (SSSR count). The van der Waals surface area contributed by atoms with Crippen LogP contribution < -0.4 is 10.6 Å². The topological polar surface area (TPSA) is 49.8 Å². The molecule has 19 heavy (non-hydrogen) atoms. The van der Waals surface area contributed by atoms with Gasteiger partial charge in [0.25, 0.3) is 0 Å². The van der Waals surface area contributed by atoms with Crippen molar-refractivity contribution in [3.63, 3.8) is 0 Å². The smallest absolute Gasteiger partial charge is 0.139 e. The van der Waals surface area contributed by atoms with Crippen molar-refractivity contribution in [1.29, 1.82) is 0 Å². The van der Waals surface area contributed by atoms with Crippen molar-refractivity contribution in [2.75, 3.05) is 23.9 Å². The Kier molecular flexibility index (Phi) is 4.63. The zero-order chi connectivity index (χ0) is 13.7. The monoisotopic (exact) mass is 274 g/mol. The highest BCUT2D eigenvalue weighted by Gasteiger charge is 2.08. The zero-order valence-corrected chi connectivity index (χ0v) is 12.2. The largest absolute Gasteiger partial charge is 0.373 e. The Morgan fingerprint density at radius 3 is 2.68 bits per heavy atom. The number of nitrogens with zero attached hydrogens (tertiary/aromatic N) is 2. The number of nitrogens with one attached hydrogen (secondary N) is 2. The molecule has 0 radical (unpaired) electrons. The van der Waals surface area contributed by atoms with E-state index in [4.69, 9.17) is 0 Å². The fourth-order valence-electron chi connectivity index (χ4n) is 1.91. The zero-order valence-electron chi connectivity index (χ0n) is 11.4. The van der Waals surface area contributed by atoms with Crippen LogP contribution in [0.15, 0.2) is 35.5 Å². The van der Waals surface area contributed by atoms with Gasteiger partial charge in [-0.1, -0.05) is 13.0 Å². The maximum atomic E-state index is 4.34. The highest BCUT2D eigenvalue weighted by molar-refractivity contribution is 7.98. The normalized spacial score (nSPS) is 10.3. The third-order valence-corrected chi connectivity index (χ3v) is 3.59. The van der Waals surface area contributed by atoms with E-state index in [9.17, 15) is 0 Å². The molecule has 2 N–H and O–H groups in total. The summed E-state index contributed by atoms with van der Waals surface area (Å²) in [6.07, 6.45) is 4.52. The number of hydrogen-bond donors (Lipinski definition) is 2. The standard InChI is InChI=1S/C14H18N4S/c1-4-12-13(15-2)16-9-17-14(12)18-10-6-5-7-11(8-10)19-3/h5-9H,4H2,1-3H3,(H2,15,16,17,18). The van der Waals surface area contributed by atoms with E-state index in [1.807, 2.05) is 19.2 Å². The average Bonchev–Trinajstić information content (AvgIpc) is 2.47. The Morgan fingerprint density at radius 1 is 1.21 bits per heavy atom. The summed E-state index contributed by atoms with van der Waals surface area (Å²) >= 11 is 1.73. The van der Waals surface area contributed by atoms with E-state index in [-0.39, 0.29) is 0 Å². The van der Waals surface area contributed by atoms with Crippen LogP contribution in [0.25, 0.3) is 0 Å². The summed E-state index contributed by atoms with van der Waals surface area (Å²) < 4.78 is 0. The lowest BCUT2D eigenvalue weighted by molar-refractivity contribution is 1.05. The molecule has 0 spiro atoms. The van der Waals surface area contributed by atoms with Gasteiger partial charge in [0.2, 0.25) is 0 Å². The van der Waals surface area contributed by atoms with E-state index in [2.05, 4.69) is 45.9 Å². The SMILES string of the molecule is CCc1c(NC)ncnc1Nc1cccc(SC)c1. The van der Waals surface area contributed by atoms with E-state index in [0.717, 1.165) is 29.3 Å². The van der Waals surface area contributed by atoms with Crippen LogP contribution in [0.5, 0.6) is 0 Å². The molecule has 0 saturated heterocycles. The van der Waals surface area contributed by atoms with Crippen LogP contribution in [0.4, 0.5) is 17.3 Å². The summed E-state index contributed by atoms with van der Waals surface area (Å²) in [6, 6.07) is 8.29. The first-order valence-electron chi connectivity index (χ1n) is 6.21. The minimum Gasteiger partial charge on any atom is -0.373 e. The van der Waals surface area contributed by atoms with Crippen LogP contribution >= 0.6 is 11.8 Å². The van der Waals surface area contributed by atoms with Gasteiger partial charge in [0.15, 0.2) is 0 Å². The molecule has 0 aliphatic carbocycles. The first-order valence-corrected chi connectivity index (χ1v) is 7.43. The molecule has 1 heterocycles. The third kappa shape index (κ3) is 3.17. The summed E-state index contributed by atoms with van der Waals surface area (Å²) in [5.74, 6) is 1.74. The number of rotatable bonds is 5. The maximum Gasteiger partial charge on any atom is 0.139 e. The van der Waals surface area contributed by atoms with E-state index in [1.165, 1.54) is 4.90 Å². The predicted octanol–water partition coefficient (Wildman–Crippen LogP) is 3.55. The second kappa shape index (κ2) is 6.43. The van der Waals surface area contributed by atoms with Gasteiger partial charge in [-0.2, -0.15) is 0 Å². The van der Waals surface area contributed by atoms with Crippen molar-refractivity contribution in [3.05, 3.63) is 36.2 Å². The Hall–Kier alpha value is -1.75. The van der Waals surface area contributed by atoms with Gasteiger partial charge in [-0.05, 0) is 30.9 Å². The van der Waals surface area contributed by atoms with Gasteiger partial charge in [-0.3, -0.25) is 0 Å². The Morgan fingerprint density at radius 2 is 2.00 bits per heavy atom. The molecule has 1 aromatic heterocycles. The van der Waals surface area contributed by atoms with Gasteiger partial charge < -0.3 is 10.6 Å². The lowest BCUT2D eigenvalue weighted by atomic mass is 10.2. The highest BCUT2D eigenvalue weighted by atomic mass is 32.2. The average molecular weight is 274 g/mol. The number of aromatic nitrogens is 2. The van der Waals surface area contributed by atoms with Gasteiger partial charge in [0.1, 0.15) is 18.0 Å². The number of hydrogen-bond acceptors (Lipinski definition) is 5. The second-order valence-electron chi connectivity index (χ2n) is 4.01. The van der Waals surface area contributed by atoms with Gasteiger partial charge in [0, 0.05) is 23.2 Å². The first-order chi connectivity index (χ1) is 9.28.